The molecule has 0 unspecified atom stereocenters. The predicted molar refractivity (Wildman–Crippen MR) is 125 cm³/mol. The van der Waals surface area contributed by atoms with E-state index in [0.717, 1.165) is 26.3 Å². The first-order valence-corrected chi connectivity index (χ1v) is 11.1. The molecule has 0 aliphatic heterocycles. The van der Waals surface area contributed by atoms with Crippen LogP contribution >= 0.6 is 27.7 Å². The van der Waals surface area contributed by atoms with Crippen LogP contribution in [0.5, 0.6) is 0 Å². The van der Waals surface area contributed by atoms with Crippen LogP contribution in [0, 0.1) is 27.7 Å². The minimum Gasteiger partial charge on any atom is -0.316 e. The number of thioether (sulfide) groups is 1. The first-order valence-electron chi connectivity index (χ1n) is 9.34. The van der Waals surface area contributed by atoms with E-state index in [0.29, 0.717) is 5.75 Å². The molecule has 0 aliphatic rings. The summed E-state index contributed by atoms with van der Waals surface area (Å²) in [6.45, 7) is 8.38. The Hall–Kier alpha value is -2.31. The number of hydrogen-bond donors (Lipinski definition) is 1. The second kappa shape index (κ2) is 9.46. The number of amides is 1. The van der Waals surface area contributed by atoms with Crippen molar-refractivity contribution in [3.05, 3.63) is 81.1 Å². The van der Waals surface area contributed by atoms with Crippen LogP contribution < -0.4 is 5.43 Å². The van der Waals surface area contributed by atoms with E-state index < -0.39 is 0 Å². The van der Waals surface area contributed by atoms with Crippen LogP contribution in [-0.2, 0) is 4.79 Å². The first kappa shape index (κ1) is 21.4. The van der Waals surface area contributed by atoms with Crippen molar-refractivity contribution in [3.8, 4) is 5.69 Å². The lowest BCUT2D eigenvalue weighted by molar-refractivity contribution is -0.118. The molecular formula is C23H24BrN3OS. The van der Waals surface area contributed by atoms with Crippen molar-refractivity contribution in [2.24, 2.45) is 5.10 Å². The third-order valence-electron chi connectivity index (χ3n) is 4.77. The van der Waals surface area contributed by atoms with Crippen LogP contribution in [0.25, 0.3) is 5.69 Å². The predicted octanol–water partition coefficient (Wildman–Crippen LogP) is 5.72. The Morgan fingerprint density at radius 3 is 2.34 bits per heavy atom. The van der Waals surface area contributed by atoms with Crippen molar-refractivity contribution in [2.75, 3.05) is 5.75 Å². The van der Waals surface area contributed by atoms with E-state index in [1.807, 2.05) is 30.3 Å². The van der Waals surface area contributed by atoms with E-state index in [1.54, 1.807) is 6.21 Å². The molecule has 0 atom stereocenters. The highest BCUT2D eigenvalue weighted by molar-refractivity contribution is 9.10. The molecule has 1 heterocycles. The number of hydrazone groups is 1. The van der Waals surface area contributed by atoms with Crippen molar-refractivity contribution in [1.82, 2.24) is 9.99 Å². The Balaban J connectivity index is 1.75. The normalized spacial score (nSPS) is 11.2. The monoisotopic (exact) mass is 469 g/mol. The van der Waals surface area contributed by atoms with Gasteiger partial charge in [-0.25, -0.2) is 5.43 Å². The maximum absolute atomic E-state index is 12.1. The van der Waals surface area contributed by atoms with Crippen molar-refractivity contribution < 1.29 is 4.79 Å². The molecular weight excluding hydrogens is 446 g/mol. The zero-order valence-corrected chi connectivity index (χ0v) is 19.4. The van der Waals surface area contributed by atoms with Gasteiger partial charge >= 0.3 is 0 Å². The van der Waals surface area contributed by atoms with Gasteiger partial charge in [0, 0.05) is 26.3 Å². The average Bonchev–Trinajstić information content (AvgIpc) is 2.91. The van der Waals surface area contributed by atoms with Crippen LogP contribution in [0.4, 0.5) is 0 Å². The molecule has 0 spiro atoms. The maximum atomic E-state index is 12.1. The zero-order valence-electron chi connectivity index (χ0n) is 17.0. The highest BCUT2D eigenvalue weighted by Crippen LogP contribution is 2.32. The number of para-hydroxylation sites is 1. The highest BCUT2D eigenvalue weighted by atomic mass is 79.9. The van der Waals surface area contributed by atoms with Crippen molar-refractivity contribution in [3.63, 3.8) is 0 Å². The SMILES string of the molecule is Cc1cccc(C)c1-n1c(C)c(Br)c(/C=N\NC(=O)CSc2ccccc2)c1C. The molecule has 0 bridgehead atoms. The molecule has 2 aromatic carbocycles. The fourth-order valence-electron chi connectivity index (χ4n) is 3.33. The van der Waals surface area contributed by atoms with Crippen LogP contribution in [0.15, 0.2) is 63.0 Å². The van der Waals surface area contributed by atoms with Gasteiger partial charge < -0.3 is 4.57 Å². The molecule has 0 saturated heterocycles. The average molecular weight is 470 g/mol. The number of benzene rings is 2. The van der Waals surface area contributed by atoms with Crippen molar-refractivity contribution in [2.45, 2.75) is 32.6 Å². The lowest BCUT2D eigenvalue weighted by atomic mass is 10.1. The quantitative estimate of drug-likeness (QED) is 0.285. The van der Waals surface area contributed by atoms with Gasteiger partial charge in [0.05, 0.1) is 17.7 Å². The molecule has 0 radical (unpaired) electrons. The first-order chi connectivity index (χ1) is 13.9. The molecule has 6 heteroatoms. The molecule has 1 N–H and O–H groups in total. The molecule has 3 rings (SSSR count). The Labute approximate surface area is 184 Å². The van der Waals surface area contributed by atoms with Crippen molar-refractivity contribution in [1.29, 1.82) is 0 Å². The molecule has 0 fully saturated rings. The third kappa shape index (κ3) is 4.82. The number of nitrogens with one attached hydrogen (secondary N) is 1. The van der Waals surface area contributed by atoms with Crippen LogP contribution in [-0.4, -0.2) is 22.4 Å². The van der Waals surface area contributed by atoms with Crippen LogP contribution in [0.3, 0.4) is 0 Å². The minimum absolute atomic E-state index is 0.130. The Morgan fingerprint density at radius 2 is 1.69 bits per heavy atom. The number of hydrogen-bond acceptors (Lipinski definition) is 3. The number of nitrogens with zero attached hydrogens (tertiary/aromatic N) is 2. The van der Waals surface area contributed by atoms with E-state index in [-0.39, 0.29) is 5.91 Å². The van der Waals surface area contributed by atoms with Gasteiger partial charge in [-0.1, -0.05) is 36.4 Å². The summed E-state index contributed by atoms with van der Waals surface area (Å²) in [5, 5.41) is 4.19. The number of carbonyl (C=O) groups excluding carboxylic acids is 1. The summed E-state index contributed by atoms with van der Waals surface area (Å²) < 4.78 is 3.22. The zero-order chi connectivity index (χ0) is 21.0. The summed E-state index contributed by atoms with van der Waals surface area (Å²) in [6.07, 6.45) is 1.71. The fourth-order valence-corrected chi connectivity index (χ4v) is 4.61. The smallest absolute Gasteiger partial charge is 0.250 e. The largest absolute Gasteiger partial charge is 0.316 e. The summed E-state index contributed by atoms with van der Waals surface area (Å²) in [6, 6.07) is 16.2. The summed E-state index contributed by atoms with van der Waals surface area (Å²) in [4.78, 5) is 13.2. The third-order valence-corrected chi connectivity index (χ3v) is 6.79. The van der Waals surface area contributed by atoms with E-state index in [4.69, 9.17) is 0 Å². The van der Waals surface area contributed by atoms with Crippen LogP contribution in [0.1, 0.15) is 28.1 Å². The molecule has 29 heavy (non-hydrogen) atoms. The number of aryl methyl sites for hydroxylation is 2. The molecule has 3 aromatic rings. The maximum Gasteiger partial charge on any atom is 0.250 e. The fraction of sp³-hybridized carbons (Fsp3) is 0.217. The Morgan fingerprint density at radius 1 is 1.03 bits per heavy atom. The minimum atomic E-state index is -0.130. The molecule has 0 saturated carbocycles. The van der Waals surface area contributed by atoms with E-state index >= 15 is 0 Å². The molecule has 4 nitrogen and oxygen atoms in total. The topological polar surface area (TPSA) is 46.4 Å². The van der Waals surface area contributed by atoms with Gasteiger partial charge in [0.15, 0.2) is 0 Å². The summed E-state index contributed by atoms with van der Waals surface area (Å²) >= 11 is 5.19. The number of aromatic nitrogens is 1. The van der Waals surface area contributed by atoms with E-state index in [1.165, 1.54) is 28.6 Å². The van der Waals surface area contributed by atoms with Gasteiger partial charge in [0.2, 0.25) is 5.91 Å². The number of carbonyl (C=O) groups is 1. The summed E-state index contributed by atoms with van der Waals surface area (Å²) in [5.41, 5.74) is 9.38. The summed E-state index contributed by atoms with van der Waals surface area (Å²) in [7, 11) is 0. The number of rotatable bonds is 6. The second-order valence-electron chi connectivity index (χ2n) is 6.87. The number of halogens is 1. The van der Waals surface area contributed by atoms with E-state index in [9.17, 15) is 4.79 Å². The second-order valence-corrected chi connectivity index (χ2v) is 8.71. The van der Waals surface area contributed by atoms with Gasteiger partial charge in [0.1, 0.15) is 0 Å². The van der Waals surface area contributed by atoms with E-state index in [2.05, 4.69) is 76.9 Å². The standard InChI is InChI=1S/C23H24BrN3OS/c1-15-9-8-10-16(2)23(15)27-17(3)20(22(24)18(27)4)13-25-26-21(28)14-29-19-11-6-5-7-12-19/h5-13H,14H2,1-4H3,(H,26,28)/b25-13-. The van der Waals surface area contributed by atoms with Gasteiger partial charge in [-0.3, -0.25) is 4.79 Å². The van der Waals surface area contributed by atoms with Gasteiger partial charge in [-0.15, -0.1) is 11.8 Å². The van der Waals surface area contributed by atoms with Gasteiger partial charge in [-0.2, -0.15) is 5.10 Å². The lowest BCUT2D eigenvalue weighted by Crippen LogP contribution is -2.19. The summed E-state index contributed by atoms with van der Waals surface area (Å²) in [5.74, 6) is 0.194. The molecule has 1 amide bonds. The van der Waals surface area contributed by atoms with Gasteiger partial charge in [-0.05, 0) is 66.9 Å². The molecule has 1 aromatic heterocycles. The van der Waals surface area contributed by atoms with Crippen LogP contribution in [0.2, 0.25) is 0 Å². The molecule has 150 valence electrons. The molecule has 0 aliphatic carbocycles. The van der Waals surface area contributed by atoms with Gasteiger partial charge in [0.25, 0.3) is 0 Å². The Bertz CT molecular complexity index is 1040. The van der Waals surface area contributed by atoms with Crippen molar-refractivity contribution >= 4 is 39.8 Å². The highest BCUT2D eigenvalue weighted by Gasteiger charge is 2.18. The lowest BCUT2D eigenvalue weighted by Gasteiger charge is -2.15. The Kier molecular flexibility index (Phi) is 6.98.